The van der Waals surface area contributed by atoms with E-state index in [9.17, 15) is 0 Å². The molecule has 0 amide bonds. The molecule has 0 N–H and O–H groups in total. The van der Waals surface area contributed by atoms with Crippen molar-refractivity contribution < 1.29 is 0 Å². The maximum absolute atomic E-state index is 4.56. The molecule has 0 unspecified atom stereocenters. The van der Waals surface area contributed by atoms with Crippen LogP contribution in [-0.2, 0) is 6.54 Å². The van der Waals surface area contributed by atoms with Crippen LogP contribution in [0.4, 0.5) is 0 Å². The van der Waals surface area contributed by atoms with Gasteiger partial charge >= 0.3 is 0 Å². The molecule has 0 fully saturated rings. The molecule has 0 spiro atoms. The molecule has 2 aromatic rings. The topological polar surface area (TPSA) is 17.8 Å². The Kier molecular flexibility index (Phi) is 4.05. The summed E-state index contributed by atoms with van der Waals surface area (Å²) in [5, 5.41) is 4.56. The normalized spacial score (nSPS) is 10.6. The van der Waals surface area contributed by atoms with Crippen LogP contribution >= 0.6 is 11.8 Å². The second-order valence-electron chi connectivity index (χ2n) is 3.68. The predicted octanol–water partition coefficient (Wildman–Crippen LogP) is 3.30. The lowest BCUT2D eigenvalue weighted by Crippen LogP contribution is -1.99. The maximum Gasteiger partial charge on any atom is 0.0923 e. The highest BCUT2D eigenvalue weighted by Gasteiger charge is 2.00. The van der Waals surface area contributed by atoms with E-state index < -0.39 is 0 Å². The summed E-state index contributed by atoms with van der Waals surface area (Å²) in [6, 6.07) is 12.4. The first-order chi connectivity index (χ1) is 7.90. The van der Waals surface area contributed by atoms with Crippen LogP contribution in [0.2, 0.25) is 0 Å². The van der Waals surface area contributed by atoms with Crippen LogP contribution in [0.3, 0.4) is 0 Å². The number of hydrogen-bond acceptors (Lipinski definition) is 2. The summed E-state index contributed by atoms with van der Waals surface area (Å²) in [5.74, 6) is 1.19. The summed E-state index contributed by atoms with van der Waals surface area (Å²) in [7, 11) is 0. The number of hydrogen-bond donors (Lipinski definition) is 0. The van der Waals surface area contributed by atoms with Crippen molar-refractivity contribution in [2.75, 3.05) is 12.0 Å². The van der Waals surface area contributed by atoms with E-state index >= 15 is 0 Å². The number of rotatable bonds is 5. The Morgan fingerprint density at radius 3 is 2.75 bits per heavy atom. The Labute approximate surface area is 101 Å². The molecule has 0 saturated heterocycles. The van der Waals surface area contributed by atoms with Crippen molar-refractivity contribution in [3.8, 4) is 11.3 Å². The minimum absolute atomic E-state index is 1.01. The molecule has 1 heterocycles. The van der Waals surface area contributed by atoms with Crippen LogP contribution in [0.15, 0.2) is 42.6 Å². The highest BCUT2D eigenvalue weighted by Crippen LogP contribution is 2.15. The second kappa shape index (κ2) is 5.75. The summed E-state index contributed by atoms with van der Waals surface area (Å²) in [5.41, 5.74) is 2.25. The maximum atomic E-state index is 4.56. The number of thioether (sulfide) groups is 1. The standard InChI is InChI=1S/C13H16N2S/c1-16-11-5-9-15-10-8-13(14-15)12-6-3-2-4-7-12/h2-4,6-8,10H,5,9,11H2,1H3. The summed E-state index contributed by atoms with van der Waals surface area (Å²) in [6.07, 6.45) is 5.37. The number of aryl methyl sites for hydroxylation is 1. The fraction of sp³-hybridized carbons (Fsp3) is 0.308. The lowest BCUT2D eigenvalue weighted by atomic mass is 10.2. The van der Waals surface area contributed by atoms with Gasteiger partial charge in [0, 0.05) is 18.3 Å². The SMILES string of the molecule is CSCCCn1ccc(-c2ccccc2)n1. The van der Waals surface area contributed by atoms with Gasteiger partial charge in [0.15, 0.2) is 0 Å². The quantitative estimate of drug-likeness (QED) is 0.736. The molecule has 16 heavy (non-hydrogen) atoms. The van der Waals surface area contributed by atoms with Crippen LogP contribution < -0.4 is 0 Å². The Morgan fingerprint density at radius 2 is 2.00 bits per heavy atom. The molecule has 0 aliphatic rings. The van der Waals surface area contributed by atoms with E-state index in [1.54, 1.807) is 0 Å². The van der Waals surface area contributed by atoms with Gasteiger partial charge in [0.2, 0.25) is 0 Å². The molecule has 1 aromatic carbocycles. The molecular weight excluding hydrogens is 216 g/mol. The second-order valence-corrected chi connectivity index (χ2v) is 4.66. The van der Waals surface area contributed by atoms with E-state index in [4.69, 9.17) is 0 Å². The molecule has 1 aromatic heterocycles. The first-order valence-corrected chi connectivity index (χ1v) is 6.87. The lowest BCUT2D eigenvalue weighted by molar-refractivity contribution is 0.608. The molecule has 3 heteroatoms. The van der Waals surface area contributed by atoms with Crippen molar-refractivity contribution in [2.24, 2.45) is 0 Å². The van der Waals surface area contributed by atoms with Crippen LogP contribution in [0.5, 0.6) is 0 Å². The molecule has 2 rings (SSSR count). The minimum Gasteiger partial charge on any atom is -0.272 e. The molecular formula is C13H16N2S. The van der Waals surface area contributed by atoms with Crippen molar-refractivity contribution in [3.05, 3.63) is 42.6 Å². The van der Waals surface area contributed by atoms with Crippen LogP contribution in [-0.4, -0.2) is 21.8 Å². The molecule has 84 valence electrons. The van der Waals surface area contributed by atoms with Gasteiger partial charge in [-0.25, -0.2) is 0 Å². The number of benzene rings is 1. The Bertz CT molecular complexity index is 423. The van der Waals surface area contributed by atoms with Gasteiger partial charge in [-0.1, -0.05) is 30.3 Å². The van der Waals surface area contributed by atoms with Gasteiger partial charge in [-0.15, -0.1) is 0 Å². The summed E-state index contributed by atoms with van der Waals surface area (Å²) < 4.78 is 2.03. The molecule has 0 aliphatic heterocycles. The van der Waals surface area contributed by atoms with Crippen molar-refractivity contribution in [3.63, 3.8) is 0 Å². The monoisotopic (exact) mass is 232 g/mol. The van der Waals surface area contributed by atoms with Gasteiger partial charge in [-0.05, 0) is 24.5 Å². The number of aromatic nitrogens is 2. The average Bonchev–Trinajstić information content (AvgIpc) is 2.79. The highest BCUT2D eigenvalue weighted by atomic mass is 32.2. The zero-order chi connectivity index (χ0) is 11.2. The zero-order valence-electron chi connectivity index (χ0n) is 9.47. The van der Waals surface area contributed by atoms with Crippen LogP contribution in [0.1, 0.15) is 6.42 Å². The third-order valence-corrected chi connectivity index (χ3v) is 3.14. The van der Waals surface area contributed by atoms with E-state index in [1.807, 2.05) is 34.6 Å². The minimum atomic E-state index is 1.01. The van der Waals surface area contributed by atoms with Crippen molar-refractivity contribution in [2.45, 2.75) is 13.0 Å². The third kappa shape index (κ3) is 2.89. The molecule has 0 aliphatic carbocycles. The smallest absolute Gasteiger partial charge is 0.0923 e. The van der Waals surface area contributed by atoms with Crippen LogP contribution in [0.25, 0.3) is 11.3 Å². The molecule has 0 saturated carbocycles. The first-order valence-electron chi connectivity index (χ1n) is 5.48. The fourth-order valence-corrected chi connectivity index (χ4v) is 2.04. The predicted molar refractivity (Wildman–Crippen MR) is 70.7 cm³/mol. The van der Waals surface area contributed by atoms with E-state index in [-0.39, 0.29) is 0 Å². The van der Waals surface area contributed by atoms with E-state index in [1.165, 1.54) is 17.7 Å². The van der Waals surface area contributed by atoms with Crippen molar-refractivity contribution in [1.82, 2.24) is 9.78 Å². The molecule has 0 atom stereocenters. The number of nitrogens with zero attached hydrogens (tertiary/aromatic N) is 2. The zero-order valence-corrected chi connectivity index (χ0v) is 10.3. The highest BCUT2D eigenvalue weighted by molar-refractivity contribution is 7.98. The van der Waals surface area contributed by atoms with E-state index in [0.717, 1.165) is 12.2 Å². The lowest BCUT2D eigenvalue weighted by Gasteiger charge is -1.99. The Balaban J connectivity index is 2.02. The molecule has 0 radical (unpaired) electrons. The fourth-order valence-electron chi connectivity index (χ4n) is 1.62. The van der Waals surface area contributed by atoms with Gasteiger partial charge in [0.1, 0.15) is 0 Å². The van der Waals surface area contributed by atoms with Gasteiger partial charge in [0.25, 0.3) is 0 Å². The molecule has 0 bridgehead atoms. The Hall–Kier alpha value is -1.22. The van der Waals surface area contributed by atoms with E-state index in [2.05, 4.69) is 35.8 Å². The van der Waals surface area contributed by atoms with Gasteiger partial charge in [0.05, 0.1) is 5.69 Å². The average molecular weight is 232 g/mol. The van der Waals surface area contributed by atoms with Gasteiger partial charge in [-0.3, -0.25) is 4.68 Å². The summed E-state index contributed by atoms with van der Waals surface area (Å²) in [4.78, 5) is 0. The third-order valence-electron chi connectivity index (χ3n) is 2.45. The molecule has 2 nitrogen and oxygen atoms in total. The summed E-state index contributed by atoms with van der Waals surface area (Å²) in [6.45, 7) is 1.01. The summed E-state index contributed by atoms with van der Waals surface area (Å²) >= 11 is 1.88. The van der Waals surface area contributed by atoms with Crippen molar-refractivity contribution in [1.29, 1.82) is 0 Å². The largest absolute Gasteiger partial charge is 0.272 e. The van der Waals surface area contributed by atoms with Gasteiger partial charge in [-0.2, -0.15) is 16.9 Å². The first kappa shape index (κ1) is 11.3. The Morgan fingerprint density at radius 1 is 1.19 bits per heavy atom. The van der Waals surface area contributed by atoms with Crippen molar-refractivity contribution >= 4 is 11.8 Å². The van der Waals surface area contributed by atoms with Gasteiger partial charge < -0.3 is 0 Å². The van der Waals surface area contributed by atoms with E-state index in [0.29, 0.717) is 0 Å². The van der Waals surface area contributed by atoms with Crippen LogP contribution in [0, 0.1) is 0 Å².